The number of hydrogen-bond acceptors (Lipinski definition) is 5. The summed E-state index contributed by atoms with van der Waals surface area (Å²) in [7, 11) is -3.05. The Balaban J connectivity index is 1.92. The average molecular weight is 419 g/mol. The van der Waals surface area contributed by atoms with E-state index in [1.54, 1.807) is 19.2 Å². The molecule has 3 aromatic rings. The topological polar surface area (TPSA) is 124 Å². The van der Waals surface area contributed by atoms with Gasteiger partial charge in [-0.05, 0) is 25.2 Å². The zero-order valence-electron chi connectivity index (χ0n) is 15.5. The summed E-state index contributed by atoms with van der Waals surface area (Å²) in [4.78, 5) is 34.0. The molecule has 8 nitrogen and oxygen atoms in total. The van der Waals surface area contributed by atoms with Crippen molar-refractivity contribution < 1.29 is 28.1 Å². The number of aromatic amines is 1. The van der Waals surface area contributed by atoms with E-state index in [0.29, 0.717) is 46.4 Å². The first-order valence-corrected chi connectivity index (χ1v) is 10.4. The van der Waals surface area contributed by atoms with Gasteiger partial charge < -0.3 is 20.1 Å². The number of carbonyl (C=O) groups excluding carboxylic acids is 1. The summed E-state index contributed by atoms with van der Waals surface area (Å²) >= 11 is 0. The van der Waals surface area contributed by atoms with Crippen molar-refractivity contribution in [1.82, 2.24) is 15.6 Å². The molecule has 0 radical (unpaired) electrons. The minimum absolute atomic E-state index is 0.0418. The SMILES string of the molecule is CNCc1ccc(-c2[nH]c3cc(F)cc4c3c2CNCC4=O)cc1OP(=O)(O)O. The maximum Gasteiger partial charge on any atom is 0.524 e. The van der Waals surface area contributed by atoms with Crippen molar-refractivity contribution in [1.29, 1.82) is 0 Å². The lowest BCUT2D eigenvalue weighted by atomic mass is 10.00. The fraction of sp³-hybridized carbons (Fsp3) is 0.211. The smallest absolute Gasteiger partial charge is 0.404 e. The molecule has 0 spiro atoms. The van der Waals surface area contributed by atoms with Crippen molar-refractivity contribution in [2.75, 3.05) is 13.6 Å². The number of H-pyrrole nitrogens is 1. The predicted molar refractivity (Wildman–Crippen MR) is 105 cm³/mol. The van der Waals surface area contributed by atoms with Crippen molar-refractivity contribution in [2.45, 2.75) is 13.1 Å². The molecule has 0 amide bonds. The lowest BCUT2D eigenvalue weighted by Crippen LogP contribution is -2.20. The Morgan fingerprint density at radius 2 is 2.03 bits per heavy atom. The normalized spacial score (nSPS) is 14.3. The van der Waals surface area contributed by atoms with Crippen molar-refractivity contribution in [3.63, 3.8) is 0 Å². The van der Waals surface area contributed by atoms with Gasteiger partial charge in [0.15, 0.2) is 5.78 Å². The predicted octanol–water partition coefficient (Wildman–Crippen LogP) is 2.45. The Hall–Kier alpha value is -2.55. The summed E-state index contributed by atoms with van der Waals surface area (Å²) in [5, 5.41) is 6.61. The molecule has 0 saturated heterocycles. The van der Waals surface area contributed by atoms with E-state index >= 15 is 0 Å². The van der Waals surface area contributed by atoms with Gasteiger partial charge in [-0.3, -0.25) is 14.6 Å². The van der Waals surface area contributed by atoms with Crippen molar-refractivity contribution in [3.8, 4) is 17.0 Å². The van der Waals surface area contributed by atoms with Gasteiger partial charge in [-0.15, -0.1) is 0 Å². The lowest BCUT2D eigenvalue weighted by Gasteiger charge is -2.14. The van der Waals surface area contributed by atoms with Crippen molar-refractivity contribution in [3.05, 3.63) is 52.8 Å². The first-order valence-electron chi connectivity index (χ1n) is 8.88. The Morgan fingerprint density at radius 1 is 1.24 bits per heavy atom. The van der Waals surface area contributed by atoms with Gasteiger partial charge in [0.2, 0.25) is 0 Å². The van der Waals surface area contributed by atoms with Gasteiger partial charge >= 0.3 is 7.82 Å². The highest BCUT2D eigenvalue weighted by Gasteiger charge is 2.25. The van der Waals surface area contributed by atoms with Crippen LogP contribution in [0.3, 0.4) is 0 Å². The van der Waals surface area contributed by atoms with Crippen LogP contribution in [0.4, 0.5) is 4.39 Å². The van der Waals surface area contributed by atoms with Crippen LogP contribution in [0.25, 0.3) is 22.2 Å². The Morgan fingerprint density at radius 3 is 2.76 bits per heavy atom. The summed E-state index contributed by atoms with van der Waals surface area (Å²) in [6, 6.07) is 7.56. The number of ketones is 1. The molecule has 0 bridgehead atoms. The zero-order chi connectivity index (χ0) is 20.8. The van der Waals surface area contributed by atoms with Crippen LogP contribution in [0.1, 0.15) is 21.5 Å². The maximum absolute atomic E-state index is 14.0. The summed E-state index contributed by atoms with van der Waals surface area (Å²) in [5.74, 6) is -0.675. The molecule has 1 aliphatic rings. The largest absolute Gasteiger partial charge is 0.524 e. The summed E-state index contributed by atoms with van der Waals surface area (Å²) in [6.45, 7) is 0.827. The Labute approximate surface area is 165 Å². The summed E-state index contributed by atoms with van der Waals surface area (Å²) in [6.07, 6.45) is 0. The monoisotopic (exact) mass is 419 g/mol. The van der Waals surface area contributed by atoms with Crippen molar-refractivity contribution >= 4 is 24.5 Å². The molecule has 2 aromatic carbocycles. The maximum atomic E-state index is 14.0. The van der Waals surface area contributed by atoms with Crippen LogP contribution in [0.15, 0.2) is 30.3 Å². The molecular formula is C19H19FN3O5P. The highest BCUT2D eigenvalue weighted by atomic mass is 31.2. The number of benzene rings is 2. The molecule has 0 atom stereocenters. The standard InChI is InChI=1S/C19H19FN3O5P/c1-21-7-11-3-2-10(4-17(11)28-29(25,26)27)19-14-8-22-9-16(24)13-5-12(20)6-15(23-19)18(13)14/h2-6,21-23H,7-9H2,1H3,(H2,25,26,27). The van der Waals surface area contributed by atoms with Crippen molar-refractivity contribution in [2.24, 2.45) is 0 Å². The molecule has 1 aliphatic heterocycles. The van der Waals surface area contributed by atoms with E-state index in [1.807, 2.05) is 0 Å². The third kappa shape index (κ3) is 3.83. The number of phosphoric ester groups is 1. The minimum atomic E-state index is -4.76. The minimum Gasteiger partial charge on any atom is -0.404 e. The van der Waals surface area contributed by atoms with Crippen LogP contribution in [-0.2, 0) is 17.7 Å². The second kappa shape index (κ2) is 7.37. The van der Waals surface area contributed by atoms with E-state index in [-0.39, 0.29) is 18.1 Å². The van der Waals surface area contributed by atoms with E-state index in [1.165, 1.54) is 18.2 Å². The van der Waals surface area contributed by atoms with E-state index in [2.05, 4.69) is 15.6 Å². The molecule has 0 saturated carbocycles. The highest BCUT2D eigenvalue weighted by Crippen LogP contribution is 2.42. The molecule has 0 unspecified atom stereocenters. The molecule has 4 rings (SSSR count). The zero-order valence-corrected chi connectivity index (χ0v) is 16.3. The molecule has 2 heterocycles. The number of carbonyl (C=O) groups is 1. The van der Waals surface area contributed by atoms with Gasteiger partial charge in [0.1, 0.15) is 11.6 Å². The number of phosphoric acid groups is 1. The van der Waals surface area contributed by atoms with Gasteiger partial charge in [0.05, 0.1) is 12.2 Å². The van der Waals surface area contributed by atoms with Crippen LogP contribution in [0, 0.1) is 5.82 Å². The molecule has 0 fully saturated rings. The second-order valence-electron chi connectivity index (χ2n) is 6.82. The van der Waals surface area contributed by atoms with Gasteiger partial charge in [0, 0.05) is 46.2 Å². The van der Waals surface area contributed by atoms with Gasteiger partial charge in [0.25, 0.3) is 0 Å². The van der Waals surface area contributed by atoms with Gasteiger partial charge in [-0.1, -0.05) is 12.1 Å². The van der Waals surface area contributed by atoms with E-state index in [0.717, 1.165) is 5.56 Å². The quantitative estimate of drug-likeness (QED) is 0.403. The first kappa shape index (κ1) is 19.8. The number of rotatable bonds is 5. The molecule has 29 heavy (non-hydrogen) atoms. The summed E-state index contributed by atoms with van der Waals surface area (Å²) < 4.78 is 30.3. The van der Waals surface area contributed by atoms with Gasteiger partial charge in [-0.2, -0.15) is 0 Å². The number of halogens is 1. The third-order valence-corrected chi connectivity index (χ3v) is 5.23. The fourth-order valence-electron chi connectivity index (χ4n) is 3.66. The number of hydrogen-bond donors (Lipinski definition) is 5. The highest BCUT2D eigenvalue weighted by molar-refractivity contribution is 7.46. The Kier molecular flexibility index (Phi) is 5.02. The fourth-order valence-corrected chi connectivity index (χ4v) is 4.09. The third-order valence-electron chi connectivity index (χ3n) is 4.79. The number of aromatic nitrogens is 1. The van der Waals surface area contributed by atoms with E-state index in [9.17, 15) is 23.5 Å². The molecule has 10 heteroatoms. The van der Waals surface area contributed by atoms with E-state index in [4.69, 9.17) is 4.52 Å². The lowest BCUT2D eigenvalue weighted by molar-refractivity contribution is 0.0993. The molecule has 0 aliphatic carbocycles. The van der Waals surface area contributed by atoms with Crippen LogP contribution >= 0.6 is 7.82 Å². The Bertz CT molecular complexity index is 1170. The van der Waals surface area contributed by atoms with Gasteiger partial charge in [-0.25, -0.2) is 8.96 Å². The van der Waals surface area contributed by atoms with Crippen LogP contribution < -0.4 is 15.2 Å². The molecule has 152 valence electrons. The van der Waals surface area contributed by atoms with Crippen LogP contribution in [0.5, 0.6) is 5.75 Å². The average Bonchev–Trinajstić information content (AvgIpc) is 2.90. The number of Topliss-reactive ketones (excluding diaryl/α,β-unsaturated/α-hetero) is 1. The second-order valence-corrected chi connectivity index (χ2v) is 7.98. The molecule has 5 N–H and O–H groups in total. The first-order chi connectivity index (χ1) is 13.8. The van der Waals surface area contributed by atoms with E-state index < -0.39 is 13.6 Å². The molecular weight excluding hydrogens is 400 g/mol. The summed E-state index contributed by atoms with van der Waals surface area (Å²) in [5.41, 5.74) is 3.37. The van der Waals surface area contributed by atoms with Crippen LogP contribution in [-0.4, -0.2) is 34.1 Å². The van der Waals surface area contributed by atoms with Crippen LogP contribution in [0.2, 0.25) is 0 Å². The molecule has 1 aromatic heterocycles. The number of nitrogens with one attached hydrogen (secondary N) is 3.